The van der Waals surface area contributed by atoms with Gasteiger partial charge in [-0.15, -0.1) is 0 Å². The molecule has 0 saturated carbocycles. The van der Waals surface area contributed by atoms with Crippen molar-refractivity contribution < 1.29 is 0 Å². The summed E-state index contributed by atoms with van der Waals surface area (Å²) in [4.78, 5) is 0. The third-order valence-corrected chi connectivity index (χ3v) is 3.48. The molecule has 0 amide bonds. The average molecular weight is 207 g/mol. The molecular weight excluding hydrogens is 186 g/mol. The molecule has 1 N–H and O–H groups in total. The van der Waals surface area contributed by atoms with Crippen molar-refractivity contribution in [3.05, 3.63) is 18.0 Å². The van der Waals surface area contributed by atoms with Crippen LogP contribution in [0.4, 0.5) is 0 Å². The van der Waals surface area contributed by atoms with E-state index in [1.54, 1.807) is 0 Å². The quantitative estimate of drug-likeness (QED) is 0.797. The Bertz CT molecular complexity index is 312. The Hall–Kier alpha value is -0.830. The molecule has 2 heterocycles. The Kier molecular flexibility index (Phi) is 3.10. The Morgan fingerprint density at radius 1 is 1.47 bits per heavy atom. The van der Waals surface area contributed by atoms with E-state index in [-0.39, 0.29) is 0 Å². The van der Waals surface area contributed by atoms with Gasteiger partial charge in [-0.05, 0) is 30.2 Å². The summed E-state index contributed by atoms with van der Waals surface area (Å²) in [6.45, 7) is 4.70. The van der Waals surface area contributed by atoms with Crippen molar-refractivity contribution in [3.8, 4) is 0 Å². The maximum absolute atomic E-state index is 4.21. The van der Waals surface area contributed by atoms with Gasteiger partial charge in [-0.25, -0.2) is 0 Å². The Morgan fingerprint density at radius 3 is 2.73 bits per heavy atom. The first-order valence-electron chi connectivity index (χ1n) is 5.92. The highest BCUT2D eigenvalue weighted by Crippen LogP contribution is 2.33. The van der Waals surface area contributed by atoms with E-state index in [1.807, 2.05) is 17.9 Å². The summed E-state index contributed by atoms with van der Waals surface area (Å²) in [5.41, 5.74) is 1.96. The van der Waals surface area contributed by atoms with E-state index in [0.29, 0.717) is 5.41 Å². The standard InChI is InChI=1S/C12H21N3/c1-3-5-12(9-13-10-12)6-4-11-7-14-15(2)8-11/h7-8,13H,3-6,9-10H2,1-2H3. The topological polar surface area (TPSA) is 29.9 Å². The van der Waals surface area contributed by atoms with Crippen LogP contribution in [0.5, 0.6) is 0 Å². The third-order valence-electron chi connectivity index (χ3n) is 3.48. The molecule has 3 nitrogen and oxygen atoms in total. The molecule has 1 aromatic heterocycles. The van der Waals surface area contributed by atoms with Crippen molar-refractivity contribution in [3.63, 3.8) is 0 Å². The fourth-order valence-corrected chi connectivity index (χ4v) is 2.50. The smallest absolute Gasteiger partial charge is 0.0521 e. The first kappa shape index (κ1) is 10.7. The lowest BCUT2D eigenvalue weighted by molar-refractivity contribution is 0.137. The molecule has 0 radical (unpaired) electrons. The molecule has 0 aromatic carbocycles. The second-order valence-corrected chi connectivity index (χ2v) is 4.88. The minimum Gasteiger partial charge on any atom is -0.316 e. The van der Waals surface area contributed by atoms with E-state index in [4.69, 9.17) is 0 Å². The second-order valence-electron chi connectivity index (χ2n) is 4.88. The van der Waals surface area contributed by atoms with Gasteiger partial charge < -0.3 is 5.32 Å². The van der Waals surface area contributed by atoms with Crippen LogP contribution in [0.25, 0.3) is 0 Å². The fraction of sp³-hybridized carbons (Fsp3) is 0.750. The van der Waals surface area contributed by atoms with Crippen LogP contribution in [0.15, 0.2) is 12.4 Å². The largest absolute Gasteiger partial charge is 0.316 e. The molecular formula is C12H21N3. The molecule has 3 heteroatoms. The molecule has 0 bridgehead atoms. The van der Waals surface area contributed by atoms with Crippen molar-refractivity contribution in [1.82, 2.24) is 15.1 Å². The van der Waals surface area contributed by atoms with Gasteiger partial charge in [-0.2, -0.15) is 5.10 Å². The Labute approximate surface area is 91.9 Å². The fourth-order valence-electron chi connectivity index (χ4n) is 2.50. The number of nitrogens with one attached hydrogen (secondary N) is 1. The zero-order chi connectivity index (χ0) is 10.7. The van der Waals surface area contributed by atoms with Gasteiger partial charge >= 0.3 is 0 Å². The lowest BCUT2D eigenvalue weighted by atomic mass is 9.73. The first-order chi connectivity index (χ1) is 7.24. The molecule has 1 fully saturated rings. The van der Waals surface area contributed by atoms with Gasteiger partial charge in [-0.3, -0.25) is 4.68 Å². The van der Waals surface area contributed by atoms with Gasteiger partial charge in [0.2, 0.25) is 0 Å². The Morgan fingerprint density at radius 2 is 2.27 bits per heavy atom. The minimum absolute atomic E-state index is 0.588. The van der Waals surface area contributed by atoms with Gasteiger partial charge in [0.15, 0.2) is 0 Å². The molecule has 84 valence electrons. The van der Waals surface area contributed by atoms with Gasteiger partial charge in [-0.1, -0.05) is 13.3 Å². The number of hydrogen-bond donors (Lipinski definition) is 1. The van der Waals surface area contributed by atoms with E-state index in [1.165, 1.54) is 44.3 Å². The van der Waals surface area contributed by atoms with Crippen LogP contribution in [0.2, 0.25) is 0 Å². The van der Waals surface area contributed by atoms with Crippen molar-refractivity contribution in [2.24, 2.45) is 12.5 Å². The van der Waals surface area contributed by atoms with E-state index in [0.717, 1.165) is 0 Å². The summed E-state index contributed by atoms with van der Waals surface area (Å²) in [5.74, 6) is 0. The monoisotopic (exact) mass is 207 g/mol. The van der Waals surface area contributed by atoms with Crippen LogP contribution in [0.3, 0.4) is 0 Å². The average Bonchev–Trinajstić information content (AvgIpc) is 2.56. The van der Waals surface area contributed by atoms with Gasteiger partial charge in [0.1, 0.15) is 0 Å². The van der Waals surface area contributed by atoms with Gasteiger partial charge in [0.25, 0.3) is 0 Å². The normalized spacial score (nSPS) is 18.8. The zero-order valence-corrected chi connectivity index (χ0v) is 9.79. The number of aryl methyl sites for hydroxylation is 2. The third kappa shape index (κ3) is 2.40. The summed E-state index contributed by atoms with van der Waals surface area (Å²) in [6, 6.07) is 0. The zero-order valence-electron chi connectivity index (χ0n) is 9.79. The van der Waals surface area contributed by atoms with Gasteiger partial charge in [0, 0.05) is 26.3 Å². The van der Waals surface area contributed by atoms with Crippen molar-refractivity contribution >= 4 is 0 Å². The predicted octanol–water partition coefficient (Wildman–Crippen LogP) is 1.74. The summed E-state index contributed by atoms with van der Waals surface area (Å²) in [5, 5.41) is 7.62. The van der Waals surface area contributed by atoms with E-state index in [9.17, 15) is 0 Å². The highest BCUT2D eigenvalue weighted by atomic mass is 15.2. The lowest BCUT2D eigenvalue weighted by Crippen LogP contribution is -2.53. The van der Waals surface area contributed by atoms with E-state index < -0.39 is 0 Å². The molecule has 1 saturated heterocycles. The van der Waals surface area contributed by atoms with E-state index in [2.05, 4.69) is 23.5 Å². The summed E-state index contributed by atoms with van der Waals surface area (Å²) >= 11 is 0. The van der Waals surface area contributed by atoms with Crippen molar-refractivity contribution in [2.75, 3.05) is 13.1 Å². The van der Waals surface area contributed by atoms with Crippen molar-refractivity contribution in [2.45, 2.75) is 32.6 Å². The van der Waals surface area contributed by atoms with Gasteiger partial charge in [0.05, 0.1) is 6.20 Å². The molecule has 0 spiro atoms. The first-order valence-corrected chi connectivity index (χ1v) is 5.92. The number of aromatic nitrogens is 2. The lowest BCUT2D eigenvalue weighted by Gasteiger charge is -2.43. The van der Waals surface area contributed by atoms with Crippen LogP contribution in [-0.2, 0) is 13.5 Å². The molecule has 0 aliphatic carbocycles. The highest BCUT2D eigenvalue weighted by Gasteiger charge is 2.35. The molecule has 1 aliphatic rings. The van der Waals surface area contributed by atoms with E-state index >= 15 is 0 Å². The predicted molar refractivity (Wildman–Crippen MR) is 61.7 cm³/mol. The second kappa shape index (κ2) is 4.35. The van der Waals surface area contributed by atoms with Crippen LogP contribution in [0, 0.1) is 5.41 Å². The highest BCUT2D eigenvalue weighted by molar-refractivity contribution is 5.06. The van der Waals surface area contributed by atoms with Crippen molar-refractivity contribution in [1.29, 1.82) is 0 Å². The molecule has 15 heavy (non-hydrogen) atoms. The molecule has 2 rings (SSSR count). The summed E-state index contributed by atoms with van der Waals surface area (Å²) in [7, 11) is 1.98. The molecule has 0 atom stereocenters. The van der Waals surface area contributed by atoms with Crippen LogP contribution in [-0.4, -0.2) is 22.9 Å². The Balaban J connectivity index is 1.86. The van der Waals surface area contributed by atoms with Crippen LogP contribution < -0.4 is 5.32 Å². The molecule has 1 aromatic rings. The van der Waals surface area contributed by atoms with Crippen LogP contribution in [0.1, 0.15) is 31.7 Å². The van der Waals surface area contributed by atoms with Crippen LogP contribution >= 0.6 is 0 Å². The minimum atomic E-state index is 0.588. The number of nitrogens with zero attached hydrogens (tertiary/aromatic N) is 2. The maximum atomic E-state index is 4.21. The number of rotatable bonds is 5. The summed E-state index contributed by atoms with van der Waals surface area (Å²) < 4.78 is 1.89. The maximum Gasteiger partial charge on any atom is 0.0521 e. The SMILES string of the molecule is CCCC1(CCc2cnn(C)c2)CNC1. The molecule has 0 unspecified atom stereocenters. The number of hydrogen-bond acceptors (Lipinski definition) is 2. The summed E-state index contributed by atoms with van der Waals surface area (Å²) in [6.07, 6.45) is 9.27. The molecule has 1 aliphatic heterocycles.